The number of hydrogen-bond donors (Lipinski definition) is 2. The van der Waals surface area contributed by atoms with Crippen molar-refractivity contribution in [3.8, 4) is 28.8 Å². The lowest BCUT2D eigenvalue weighted by Gasteiger charge is -2.28. The van der Waals surface area contributed by atoms with Crippen LogP contribution in [-0.4, -0.2) is 76.0 Å². The Balaban J connectivity index is 1.55. The molecule has 0 bridgehead atoms. The molecule has 0 amide bonds. The second-order valence-corrected chi connectivity index (χ2v) is 8.98. The van der Waals surface area contributed by atoms with Crippen molar-refractivity contribution >= 4 is 17.3 Å². The van der Waals surface area contributed by atoms with E-state index in [0.717, 1.165) is 37.6 Å². The Hall–Kier alpha value is -3.90. The van der Waals surface area contributed by atoms with Crippen molar-refractivity contribution in [1.82, 2.24) is 25.1 Å². The number of nitrogens with zero attached hydrogens (tertiary/aromatic N) is 7. The van der Waals surface area contributed by atoms with Crippen molar-refractivity contribution in [3.05, 3.63) is 48.4 Å². The Morgan fingerprint density at radius 2 is 1.94 bits per heavy atom. The molecule has 2 unspecified atom stereocenters. The highest BCUT2D eigenvalue weighted by atomic mass is 16.3. The lowest BCUT2D eigenvalue weighted by atomic mass is 10.1. The highest BCUT2D eigenvalue weighted by Crippen LogP contribution is 2.32. The largest absolute Gasteiger partial charge is 0.507 e. The van der Waals surface area contributed by atoms with E-state index in [0.29, 0.717) is 22.9 Å². The van der Waals surface area contributed by atoms with Gasteiger partial charge in [0.1, 0.15) is 11.6 Å². The molecule has 0 spiro atoms. The van der Waals surface area contributed by atoms with Crippen LogP contribution in [0.3, 0.4) is 0 Å². The number of nitrogens with two attached hydrogens (primary N) is 1. The zero-order valence-corrected chi connectivity index (χ0v) is 20.7. The Labute approximate surface area is 206 Å². The van der Waals surface area contributed by atoms with E-state index in [4.69, 9.17) is 10.7 Å². The van der Waals surface area contributed by atoms with E-state index >= 15 is 0 Å². The molecule has 182 valence electrons. The zero-order chi connectivity index (χ0) is 24.9. The average molecular weight is 473 g/mol. The number of nitrogen functional groups attached to an aromatic ring is 1. The molecule has 0 aliphatic carbocycles. The maximum atomic E-state index is 10.2. The third-order valence-electron chi connectivity index (χ3n) is 6.38. The molecule has 1 aliphatic heterocycles. The van der Waals surface area contributed by atoms with Gasteiger partial charge in [0.2, 0.25) is 5.82 Å². The van der Waals surface area contributed by atoms with Crippen molar-refractivity contribution in [2.75, 3.05) is 49.3 Å². The fraction of sp³-hybridized carbons (Fsp3) is 0.385. The summed E-state index contributed by atoms with van der Waals surface area (Å²) in [6, 6.07) is 11.3. The number of hydrogen-bond acceptors (Lipinski definition) is 9. The van der Waals surface area contributed by atoms with E-state index in [1.165, 1.54) is 0 Å². The van der Waals surface area contributed by atoms with Crippen LogP contribution >= 0.6 is 0 Å². The predicted octanol–water partition coefficient (Wildman–Crippen LogP) is 2.63. The molecule has 1 fully saturated rings. The van der Waals surface area contributed by atoms with Crippen molar-refractivity contribution in [3.63, 3.8) is 0 Å². The van der Waals surface area contributed by atoms with Crippen LogP contribution in [0, 0.1) is 11.8 Å². The number of aromatic nitrogens is 4. The number of aromatic hydroxyl groups is 1. The third-order valence-corrected chi connectivity index (χ3v) is 6.38. The van der Waals surface area contributed by atoms with E-state index in [1.807, 2.05) is 50.2 Å². The molecule has 9 nitrogen and oxygen atoms in total. The van der Waals surface area contributed by atoms with Crippen LogP contribution in [0.1, 0.15) is 26.1 Å². The SMILES string of the molecule is CC(C#Cc1nccc(N2CCN(c3cc(-c4ccccc4O)nnc3N)CCC2C)n1)N(C)C. The van der Waals surface area contributed by atoms with Gasteiger partial charge in [-0.05, 0) is 64.5 Å². The van der Waals surface area contributed by atoms with Crippen LogP contribution < -0.4 is 15.5 Å². The molecular weight excluding hydrogens is 440 g/mol. The van der Waals surface area contributed by atoms with Crippen molar-refractivity contribution < 1.29 is 5.11 Å². The smallest absolute Gasteiger partial charge is 0.206 e. The molecule has 2 aromatic heterocycles. The Kier molecular flexibility index (Phi) is 7.32. The minimum absolute atomic E-state index is 0.120. The van der Waals surface area contributed by atoms with Crippen molar-refractivity contribution in [1.29, 1.82) is 0 Å². The molecule has 4 rings (SSSR count). The lowest BCUT2D eigenvalue weighted by Crippen LogP contribution is -2.35. The van der Waals surface area contributed by atoms with Crippen LogP contribution in [0.15, 0.2) is 42.6 Å². The van der Waals surface area contributed by atoms with E-state index in [1.54, 1.807) is 18.3 Å². The summed E-state index contributed by atoms with van der Waals surface area (Å²) in [6.07, 6.45) is 2.68. The Bertz CT molecular complexity index is 1240. The fourth-order valence-electron chi connectivity index (χ4n) is 3.97. The summed E-state index contributed by atoms with van der Waals surface area (Å²) in [5, 5.41) is 18.6. The maximum Gasteiger partial charge on any atom is 0.206 e. The van der Waals surface area contributed by atoms with Gasteiger partial charge in [0, 0.05) is 37.4 Å². The summed E-state index contributed by atoms with van der Waals surface area (Å²) in [7, 11) is 4.00. The van der Waals surface area contributed by atoms with E-state index in [2.05, 4.69) is 43.7 Å². The second-order valence-electron chi connectivity index (χ2n) is 8.98. The molecule has 35 heavy (non-hydrogen) atoms. The van der Waals surface area contributed by atoms with Gasteiger partial charge in [-0.25, -0.2) is 9.97 Å². The summed E-state index contributed by atoms with van der Waals surface area (Å²) in [6.45, 7) is 6.56. The number of anilines is 3. The normalized spacial score (nSPS) is 17.0. The standard InChI is InChI=1S/C26H32N8O/c1-18(32(3)4)9-10-24-28-13-11-25(29-24)34-16-15-33(14-12-19(34)2)22-17-21(30-31-26(22)27)20-7-5-6-8-23(20)35/h5-8,11,13,17-19,35H,12,14-16H2,1-4H3,(H2,27,31). The highest BCUT2D eigenvalue weighted by molar-refractivity contribution is 5.74. The highest BCUT2D eigenvalue weighted by Gasteiger charge is 2.24. The third kappa shape index (κ3) is 5.61. The molecule has 9 heteroatoms. The molecule has 2 atom stereocenters. The predicted molar refractivity (Wildman–Crippen MR) is 139 cm³/mol. The first-order valence-corrected chi connectivity index (χ1v) is 11.8. The first kappa shape index (κ1) is 24.2. The van der Waals surface area contributed by atoms with Crippen LogP contribution in [0.5, 0.6) is 5.75 Å². The number of para-hydroxylation sites is 1. The molecule has 3 aromatic rings. The van der Waals surface area contributed by atoms with Gasteiger partial charge in [0.25, 0.3) is 0 Å². The monoisotopic (exact) mass is 472 g/mol. The first-order chi connectivity index (χ1) is 16.8. The molecule has 3 heterocycles. The molecule has 3 N–H and O–H groups in total. The van der Waals surface area contributed by atoms with Crippen LogP contribution in [0.2, 0.25) is 0 Å². The number of benzene rings is 1. The molecular formula is C26H32N8O. The van der Waals surface area contributed by atoms with Gasteiger partial charge >= 0.3 is 0 Å². The Morgan fingerprint density at radius 3 is 2.71 bits per heavy atom. The summed E-state index contributed by atoms with van der Waals surface area (Å²) in [4.78, 5) is 15.6. The van der Waals surface area contributed by atoms with Gasteiger partial charge in [0.15, 0.2) is 5.82 Å². The number of phenols is 1. The van der Waals surface area contributed by atoms with Gasteiger partial charge in [-0.15, -0.1) is 10.2 Å². The first-order valence-electron chi connectivity index (χ1n) is 11.8. The van der Waals surface area contributed by atoms with Gasteiger partial charge in [-0.3, -0.25) is 4.90 Å². The average Bonchev–Trinajstić information content (AvgIpc) is 3.05. The summed E-state index contributed by atoms with van der Waals surface area (Å²) in [5.41, 5.74) is 8.27. The number of phenolic OH excluding ortho intramolecular Hbond substituents is 1. The van der Waals surface area contributed by atoms with E-state index < -0.39 is 0 Å². The van der Waals surface area contributed by atoms with E-state index in [9.17, 15) is 5.11 Å². The zero-order valence-electron chi connectivity index (χ0n) is 20.7. The quantitative estimate of drug-likeness (QED) is 0.554. The van der Waals surface area contributed by atoms with Gasteiger partial charge < -0.3 is 20.6 Å². The van der Waals surface area contributed by atoms with Crippen molar-refractivity contribution in [2.24, 2.45) is 0 Å². The minimum Gasteiger partial charge on any atom is -0.507 e. The van der Waals surface area contributed by atoms with Crippen LogP contribution in [0.4, 0.5) is 17.3 Å². The minimum atomic E-state index is 0.120. The van der Waals surface area contributed by atoms with Crippen LogP contribution in [0.25, 0.3) is 11.3 Å². The van der Waals surface area contributed by atoms with Crippen molar-refractivity contribution in [2.45, 2.75) is 32.4 Å². The van der Waals surface area contributed by atoms with Gasteiger partial charge in [-0.2, -0.15) is 0 Å². The van der Waals surface area contributed by atoms with Gasteiger partial charge in [0.05, 0.1) is 17.4 Å². The molecule has 1 aliphatic rings. The summed E-state index contributed by atoms with van der Waals surface area (Å²) < 4.78 is 0. The Morgan fingerprint density at radius 1 is 1.14 bits per heavy atom. The summed E-state index contributed by atoms with van der Waals surface area (Å²) in [5.74, 6) is 8.22. The molecule has 0 saturated carbocycles. The second kappa shape index (κ2) is 10.6. The maximum absolute atomic E-state index is 10.2. The topological polar surface area (TPSA) is 108 Å². The van der Waals surface area contributed by atoms with E-state index in [-0.39, 0.29) is 17.8 Å². The fourth-order valence-corrected chi connectivity index (χ4v) is 3.97. The molecule has 1 aromatic carbocycles. The number of rotatable bonds is 4. The molecule has 1 saturated heterocycles. The molecule has 0 radical (unpaired) electrons. The summed E-state index contributed by atoms with van der Waals surface area (Å²) >= 11 is 0. The van der Waals surface area contributed by atoms with Gasteiger partial charge in [-0.1, -0.05) is 18.1 Å². The lowest BCUT2D eigenvalue weighted by molar-refractivity contribution is 0.373. The van der Waals surface area contributed by atoms with Crippen LogP contribution in [-0.2, 0) is 0 Å².